The smallest absolute Gasteiger partial charge is 0.115 e. The van der Waals surface area contributed by atoms with Crippen LogP contribution in [0.15, 0.2) is 42.5 Å². The van der Waals surface area contributed by atoms with E-state index >= 15 is 0 Å². The van der Waals surface area contributed by atoms with E-state index in [0.717, 1.165) is 19.3 Å². The van der Waals surface area contributed by atoms with Crippen LogP contribution in [0.1, 0.15) is 31.4 Å². The molecule has 0 heterocycles. The number of hydrogen-bond donors (Lipinski definition) is 1. The monoisotopic (exact) mass is 240 g/mol. The van der Waals surface area contributed by atoms with Gasteiger partial charge in [0.05, 0.1) is 0 Å². The van der Waals surface area contributed by atoms with Crippen molar-refractivity contribution < 1.29 is 5.11 Å². The molecule has 0 unspecified atom stereocenters. The molecule has 0 atom stereocenters. The lowest BCUT2D eigenvalue weighted by Gasteiger charge is -2.14. The summed E-state index contributed by atoms with van der Waals surface area (Å²) in [5.74, 6) is 0.324. The molecule has 1 heteroatoms. The van der Waals surface area contributed by atoms with Gasteiger partial charge in [-0.05, 0) is 47.2 Å². The number of aromatic hydroxyl groups is 1. The number of benzene rings is 2. The van der Waals surface area contributed by atoms with Crippen molar-refractivity contribution in [2.45, 2.75) is 33.1 Å². The van der Waals surface area contributed by atoms with Crippen LogP contribution < -0.4 is 0 Å². The van der Waals surface area contributed by atoms with Gasteiger partial charge in [-0.15, -0.1) is 0 Å². The maximum absolute atomic E-state index is 9.40. The van der Waals surface area contributed by atoms with E-state index in [1.807, 2.05) is 12.1 Å². The van der Waals surface area contributed by atoms with E-state index in [2.05, 4.69) is 32.0 Å². The maximum Gasteiger partial charge on any atom is 0.115 e. The molecule has 1 nitrogen and oxygen atoms in total. The van der Waals surface area contributed by atoms with Crippen molar-refractivity contribution in [2.75, 3.05) is 0 Å². The van der Waals surface area contributed by atoms with Gasteiger partial charge in [-0.3, -0.25) is 0 Å². The molecule has 2 aromatic rings. The molecule has 0 aliphatic rings. The summed E-state index contributed by atoms with van der Waals surface area (Å²) in [7, 11) is 0. The second kappa shape index (κ2) is 5.72. The minimum atomic E-state index is 0.324. The molecule has 0 aliphatic carbocycles. The Balaban J connectivity index is 2.55. The first kappa shape index (κ1) is 12.7. The second-order valence-electron chi connectivity index (χ2n) is 4.60. The molecule has 0 saturated heterocycles. The highest BCUT2D eigenvalue weighted by Crippen LogP contribution is 2.30. The first-order valence-corrected chi connectivity index (χ1v) is 6.66. The number of rotatable bonds is 4. The van der Waals surface area contributed by atoms with Crippen molar-refractivity contribution >= 4 is 0 Å². The Bertz CT molecular complexity index is 512. The van der Waals surface area contributed by atoms with Gasteiger partial charge >= 0.3 is 0 Å². The first-order valence-electron chi connectivity index (χ1n) is 6.66. The molecule has 0 fully saturated rings. The quantitative estimate of drug-likeness (QED) is 0.829. The highest BCUT2D eigenvalue weighted by molar-refractivity contribution is 5.71. The van der Waals surface area contributed by atoms with Crippen LogP contribution in [0.4, 0.5) is 0 Å². The molecular formula is C17H20O. The van der Waals surface area contributed by atoms with Gasteiger partial charge in [0.25, 0.3) is 0 Å². The van der Waals surface area contributed by atoms with Crippen LogP contribution in [0.5, 0.6) is 5.75 Å². The van der Waals surface area contributed by atoms with Crippen molar-refractivity contribution in [1.82, 2.24) is 0 Å². The zero-order valence-corrected chi connectivity index (χ0v) is 11.1. The molecule has 1 N–H and O–H groups in total. The third-order valence-electron chi connectivity index (χ3n) is 3.29. The van der Waals surface area contributed by atoms with Gasteiger partial charge in [0.15, 0.2) is 0 Å². The SMILES string of the molecule is CCCc1cccc(CC)c1-c1ccc(O)cc1. The largest absolute Gasteiger partial charge is 0.508 e. The molecule has 0 spiro atoms. The van der Waals surface area contributed by atoms with Gasteiger partial charge in [0.1, 0.15) is 5.75 Å². The Hall–Kier alpha value is -1.76. The van der Waals surface area contributed by atoms with E-state index in [1.165, 1.54) is 22.3 Å². The number of phenolic OH excluding ortho intramolecular Hbond substituents is 1. The number of aryl methyl sites for hydroxylation is 2. The standard InChI is InChI=1S/C17H20O/c1-3-6-14-8-5-7-13(4-2)17(14)15-9-11-16(18)12-10-15/h5,7-12,18H,3-4,6H2,1-2H3. The predicted molar refractivity (Wildman–Crippen MR) is 76.9 cm³/mol. The van der Waals surface area contributed by atoms with E-state index in [-0.39, 0.29) is 0 Å². The third kappa shape index (κ3) is 2.56. The van der Waals surface area contributed by atoms with Crippen LogP contribution >= 0.6 is 0 Å². The van der Waals surface area contributed by atoms with E-state index < -0.39 is 0 Å². The molecule has 18 heavy (non-hydrogen) atoms. The van der Waals surface area contributed by atoms with Gasteiger partial charge in [-0.2, -0.15) is 0 Å². The Kier molecular flexibility index (Phi) is 4.03. The summed E-state index contributed by atoms with van der Waals surface area (Å²) in [6.07, 6.45) is 3.29. The third-order valence-corrected chi connectivity index (χ3v) is 3.29. The molecule has 94 valence electrons. The summed E-state index contributed by atoms with van der Waals surface area (Å²) in [5, 5.41) is 9.40. The number of hydrogen-bond acceptors (Lipinski definition) is 1. The molecule has 0 bridgehead atoms. The summed E-state index contributed by atoms with van der Waals surface area (Å²) in [6.45, 7) is 4.40. The molecule has 2 aromatic carbocycles. The Morgan fingerprint density at radius 2 is 1.56 bits per heavy atom. The summed E-state index contributed by atoms with van der Waals surface area (Å²) in [4.78, 5) is 0. The topological polar surface area (TPSA) is 20.2 Å². The van der Waals surface area contributed by atoms with Crippen molar-refractivity contribution in [3.8, 4) is 16.9 Å². The van der Waals surface area contributed by atoms with Gasteiger partial charge in [0, 0.05) is 0 Å². The van der Waals surface area contributed by atoms with Crippen LogP contribution in [0.25, 0.3) is 11.1 Å². The molecule has 2 rings (SSSR count). The minimum absolute atomic E-state index is 0.324. The maximum atomic E-state index is 9.40. The minimum Gasteiger partial charge on any atom is -0.508 e. The molecule has 0 aromatic heterocycles. The zero-order valence-electron chi connectivity index (χ0n) is 11.1. The lowest BCUT2D eigenvalue weighted by atomic mass is 9.91. The van der Waals surface area contributed by atoms with Crippen molar-refractivity contribution in [3.63, 3.8) is 0 Å². The highest BCUT2D eigenvalue weighted by atomic mass is 16.3. The summed E-state index contributed by atoms with van der Waals surface area (Å²) < 4.78 is 0. The van der Waals surface area contributed by atoms with E-state index in [4.69, 9.17) is 0 Å². The molecule has 0 saturated carbocycles. The second-order valence-corrected chi connectivity index (χ2v) is 4.60. The van der Waals surface area contributed by atoms with Crippen molar-refractivity contribution in [1.29, 1.82) is 0 Å². The van der Waals surface area contributed by atoms with Crippen LogP contribution in [0.3, 0.4) is 0 Å². The average Bonchev–Trinajstić information content (AvgIpc) is 2.40. The summed E-state index contributed by atoms with van der Waals surface area (Å²) in [6, 6.07) is 14.1. The fraction of sp³-hybridized carbons (Fsp3) is 0.294. The lowest BCUT2D eigenvalue weighted by Crippen LogP contribution is -1.95. The highest BCUT2D eigenvalue weighted by Gasteiger charge is 2.09. The van der Waals surface area contributed by atoms with E-state index in [0.29, 0.717) is 5.75 Å². The van der Waals surface area contributed by atoms with E-state index in [9.17, 15) is 5.11 Å². The van der Waals surface area contributed by atoms with Gasteiger partial charge in [0.2, 0.25) is 0 Å². The van der Waals surface area contributed by atoms with Crippen LogP contribution in [-0.4, -0.2) is 5.11 Å². The summed E-state index contributed by atoms with van der Waals surface area (Å²) >= 11 is 0. The lowest BCUT2D eigenvalue weighted by molar-refractivity contribution is 0.475. The Morgan fingerprint density at radius 1 is 0.889 bits per heavy atom. The normalized spacial score (nSPS) is 10.6. The van der Waals surface area contributed by atoms with Crippen molar-refractivity contribution in [2.24, 2.45) is 0 Å². The van der Waals surface area contributed by atoms with Crippen LogP contribution in [0.2, 0.25) is 0 Å². The Morgan fingerprint density at radius 3 is 2.17 bits per heavy atom. The van der Waals surface area contributed by atoms with E-state index in [1.54, 1.807) is 12.1 Å². The fourth-order valence-electron chi connectivity index (χ4n) is 2.42. The first-order chi connectivity index (χ1) is 8.76. The molecular weight excluding hydrogens is 220 g/mol. The van der Waals surface area contributed by atoms with Gasteiger partial charge < -0.3 is 5.11 Å². The number of phenols is 1. The van der Waals surface area contributed by atoms with Crippen LogP contribution in [0, 0.1) is 0 Å². The van der Waals surface area contributed by atoms with Gasteiger partial charge in [-0.1, -0.05) is 50.6 Å². The van der Waals surface area contributed by atoms with Gasteiger partial charge in [-0.25, -0.2) is 0 Å². The van der Waals surface area contributed by atoms with Crippen molar-refractivity contribution in [3.05, 3.63) is 53.6 Å². The molecule has 0 radical (unpaired) electrons. The predicted octanol–water partition coefficient (Wildman–Crippen LogP) is 4.57. The summed E-state index contributed by atoms with van der Waals surface area (Å²) in [5.41, 5.74) is 5.34. The Labute approximate surface area is 109 Å². The molecule has 0 amide bonds. The molecule has 0 aliphatic heterocycles. The fourth-order valence-corrected chi connectivity index (χ4v) is 2.42. The van der Waals surface area contributed by atoms with Crippen LogP contribution in [-0.2, 0) is 12.8 Å². The average molecular weight is 240 g/mol. The zero-order chi connectivity index (χ0) is 13.0.